The van der Waals surface area contributed by atoms with Crippen LogP contribution in [0.4, 0.5) is 0 Å². The third-order valence-electron chi connectivity index (χ3n) is 3.21. The van der Waals surface area contributed by atoms with E-state index in [9.17, 15) is 5.11 Å². The first kappa shape index (κ1) is 14.5. The molecule has 0 aliphatic rings. The Morgan fingerprint density at radius 2 is 1.85 bits per heavy atom. The van der Waals surface area contributed by atoms with Crippen LogP contribution in [0.2, 0.25) is 0 Å². The lowest BCUT2D eigenvalue weighted by Crippen LogP contribution is -1.97. The molecule has 0 aliphatic carbocycles. The Morgan fingerprint density at radius 3 is 2.40 bits per heavy atom. The lowest BCUT2D eigenvalue weighted by atomic mass is 10.0. The maximum atomic E-state index is 9.45. The quantitative estimate of drug-likeness (QED) is 0.898. The largest absolute Gasteiger partial charge is 0.455 e. The van der Waals surface area contributed by atoms with Crippen LogP contribution >= 0.6 is 0 Å². The van der Waals surface area contributed by atoms with E-state index in [-0.39, 0.29) is 0 Å². The number of hydrogen-bond acceptors (Lipinski definition) is 3. The van der Waals surface area contributed by atoms with Crippen LogP contribution in [-0.4, -0.2) is 10.1 Å². The Morgan fingerprint density at radius 1 is 1.10 bits per heavy atom. The van der Waals surface area contributed by atoms with Crippen LogP contribution in [0.3, 0.4) is 0 Å². The van der Waals surface area contributed by atoms with Crippen LogP contribution in [0.5, 0.6) is 11.5 Å². The minimum absolute atomic E-state index is 0.398. The molecule has 0 aliphatic heterocycles. The lowest BCUT2D eigenvalue weighted by Gasteiger charge is -2.14. The predicted octanol–water partition coefficient (Wildman–Crippen LogP) is 4.36. The van der Waals surface area contributed by atoms with Crippen molar-refractivity contribution >= 4 is 0 Å². The van der Waals surface area contributed by atoms with Gasteiger partial charge in [-0.05, 0) is 49.1 Å². The second kappa shape index (κ2) is 6.06. The molecule has 1 aromatic heterocycles. The second-order valence-electron chi connectivity index (χ2n) is 5.39. The first-order chi connectivity index (χ1) is 9.47. The zero-order valence-corrected chi connectivity index (χ0v) is 12.4. The van der Waals surface area contributed by atoms with Crippen molar-refractivity contribution in [1.82, 2.24) is 4.98 Å². The zero-order valence-electron chi connectivity index (χ0n) is 12.4. The number of aromatic nitrogens is 1. The second-order valence-corrected chi connectivity index (χ2v) is 5.39. The van der Waals surface area contributed by atoms with Crippen LogP contribution in [0.1, 0.15) is 49.6 Å². The van der Waals surface area contributed by atoms with Crippen molar-refractivity contribution in [1.29, 1.82) is 0 Å². The molecular weight excluding hydrogens is 250 g/mol. The van der Waals surface area contributed by atoms with Gasteiger partial charge in [0.15, 0.2) is 0 Å². The monoisotopic (exact) mass is 271 g/mol. The predicted molar refractivity (Wildman–Crippen MR) is 80.2 cm³/mol. The van der Waals surface area contributed by atoms with E-state index in [4.69, 9.17) is 4.74 Å². The van der Waals surface area contributed by atoms with E-state index < -0.39 is 6.10 Å². The van der Waals surface area contributed by atoms with Gasteiger partial charge in [-0.25, -0.2) is 0 Å². The zero-order chi connectivity index (χ0) is 14.7. The van der Waals surface area contributed by atoms with E-state index in [1.807, 2.05) is 19.1 Å². The average molecular weight is 271 g/mol. The van der Waals surface area contributed by atoms with Gasteiger partial charge in [0, 0.05) is 0 Å². The Bertz CT molecular complexity index is 574. The molecule has 0 saturated carbocycles. The average Bonchev–Trinajstić information content (AvgIpc) is 2.39. The number of hydrogen-bond donors (Lipinski definition) is 1. The topological polar surface area (TPSA) is 42.4 Å². The van der Waals surface area contributed by atoms with Crippen molar-refractivity contribution in [2.75, 3.05) is 0 Å². The van der Waals surface area contributed by atoms with Gasteiger partial charge in [0.25, 0.3) is 0 Å². The fourth-order valence-corrected chi connectivity index (χ4v) is 2.03. The molecule has 0 amide bonds. The van der Waals surface area contributed by atoms with Gasteiger partial charge in [0.2, 0.25) is 0 Å². The van der Waals surface area contributed by atoms with Crippen LogP contribution in [0.25, 0.3) is 0 Å². The van der Waals surface area contributed by atoms with Gasteiger partial charge in [-0.3, -0.25) is 4.98 Å². The van der Waals surface area contributed by atoms with Crippen LogP contribution in [0.15, 0.2) is 36.5 Å². The molecule has 0 bridgehead atoms. The van der Waals surface area contributed by atoms with E-state index in [1.165, 1.54) is 5.56 Å². The molecule has 0 radical (unpaired) electrons. The molecule has 1 N–H and O–H groups in total. The summed E-state index contributed by atoms with van der Waals surface area (Å²) in [6, 6.07) is 9.86. The van der Waals surface area contributed by atoms with Crippen molar-refractivity contribution in [2.24, 2.45) is 0 Å². The van der Waals surface area contributed by atoms with E-state index in [2.05, 4.69) is 31.0 Å². The molecule has 0 spiro atoms. The van der Waals surface area contributed by atoms with Gasteiger partial charge in [-0.2, -0.15) is 0 Å². The highest BCUT2D eigenvalue weighted by molar-refractivity contribution is 5.41. The number of pyridine rings is 1. The molecule has 1 aromatic carbocycles. The Balaban J connectivity index is 2.27. The van der Waals surface area contributed by atoms with E-state index >= 15 is 0 Å². The maximum absolute atomic E-state index is 9.45. The van der Waals surface area contributed by atoms with Crippen molar-refractivity contribution in [3.05, 3.63) is 53.3 Å². The third kappa shape index (κ3) is 3.36. The van der Waals surface area contributed by atoms with Gasteiger partial charge in [-0.15, -0.1) is 0 Å². The van der Waals surface area contributed by atoms with Gasteiger partial charge in [0.1, 0.15) is 11.5 Å². The lowest BCUT2D eigenvalue weighted by molar-refractivity contribution is 0.194. The van der Waals surface area contributed by atoms with E-state index in [0.29, 0.717) is 17.4 Å². The third-order valence-corrected chi connectivity index (χ3v) is 3.21. The molecule has 106 valence electrons. The van der Waals surface area contributed by atoms with Gasteiger partial charge in [0.05, 0.1) is 18.0 Å². The molecule has 3 nitrogen and oxygen atoms in total. The minimum Gasteiger partial charge on any atom is -0.455 e. The number of benzene rings is 1. The SMILES string of the molecule is Cc1ccc(C(C)C)c(Oc2ccc([C@H](C)O)nc2)c1. The smallest absolute Gasteiger partial charge is 0.145 e. The summed E-state index contributed by atoms with van der Waals surface area (Å²) in [6.07, 6.45) is 1.09. The Hall–Kier alpha value is -1.87. The number of aliphatic hydroxyl groups excluding tert-OH is 1. The number of nitrogens with zero attached hydrogens (tertiary/aromatic N) is 1. The fraction of sp³-hybridized carbons (Fsp3) is 0.353. The fourth-order valence-electron chi connectivity index (χ4n) is 2.03. The Kier molecular flexibility index (Phi) is 4.40. The van der Waals surface area contributed by atoms with Crippen LogP contribution in [0, 0.1) is 6.92 Å². The molecule has 0 fully saturated rings. The first-order valence-corrected chi connectivity index (χ1v) is 6.90. The first-order valence-electron chi connectivity index (χ1n) is 6.90. The highest BCUT2D eigenvalue weighted by atomic mass is 16.5. The molecule has 2 aromatic rings. The molecule has 0 saturated heterocycles. The van der Waals surface area contributed by atoms with Crippen LogP contribution in [-0.2, 0) is 0 Å². The van der Waals surface area contributed by atoms with Crippen LogP contribution < -0.4 is 4.74 Å². The summed E-state index contributed by atoms with van der Waals surface area (Å²) in [5.74, 6) is 1.95. The summed E-state index contributed by atoms with van der Waals surface area (Å²) in [6.45, 7) is 8.03. The summed E-state index contributed by atoms with van der Waals surface area (Å²) in [5.41, 5.74) is 2.99. The summed E-state index contributed by atoms with van der Waals surface area (Å²) in [4.78, 5) is 4.20. The molecule has 1 atom stereocenters. The van der Waals surface area contributed by atoms with Crippen molar-refractivity contribution in [3.8, 4) is 11.5 Å². The molecule has 20 heavy (non-hydrogen) atoms. The summed E-state index contributed by atoms with van der Waals surface area (Å²) < 4.78 is 5.94. The summed E-state index contributed by atoms with van der Waals surface area (Å²) >= 11 is 0. The normalized spacial score (nSPS) is 12.5. The molecule has 3 heteroatoms. The summed E-state index contributed by atoms with van der Waals surface area (Å²) in [7, 11) is 0. The number of aliphatic hydroxyl groups is 1. The minimum atomic E-state index is -0.561. The molecule has 2 rings (SSSR count). The van der Waals surface area contributed by atoms with Gasteiger partial charge in [-0.1, -0.05) is 26.0 Å². The number of rotatable bonds is 4. The Labute approximate surface area is 120 Å². The number of aryl methyl sites for hydroxylation is 1. The van der Waals surface area contributed by atoms with Gasteiger partial charge >= 0.3 is 0 Å². The summed E-state index contributed by atoms with van der Waals surface area (Å²) in [5, 5.41) is 9.45. The van der Waals surface area contributed by atoms with Crippen molar-refractivity contribution in [2.45, 2.75) is 39.7 Å². The highest BCUT2D eigenvalue weighted by Gasteiger charge is 2.10. The van der Waals surface area contributed by atoms with Crippen molar-refractivity contribution in [3.63, 3.8) is 0 Å². The molecule has 1 heterocycles. The van der Waals surface area contributed by atoms with Crippen molar-refractivity contribution < 1.29 is 9.84 Å². The molecular formula is C17H21NO2. The standard InChI is InChI=1S/C17H21NO2/c1-11(2)15-7-5-12(3)9-17(15)20-14-6-8-16(13(4)19)18-10-14/h5-11,13,19H,1-4H3/t13-/m0/s1. The van der Waals surface area contributed by atoms with E-state index in [1.54, 1.807) is 19.2 Å². The number of ether oxygens (including phenoxy) is 1. The van der Waals surface area contributed by atoms with E-state index in [0.717, 1.165) is 11.3 Å². The highest BCUT2D eigenvalue weighted by Crippen LogP contribution is 2.31. The molecule has 0 unspecified atom stereocenters. The van der Waals surface area contributed by atoms with Gasteiger partial charge < -0.3 is 9.84 Å². The maximum Gasteiger partial charge on any atom is 0.145 e.